The van der Waals surface area contributed by atoms with Gasteiger partial charge in [0.1, 0.15) is 17.4 Å². The number of nitrogens with one attached hydrogen (secondary N) is 1. The van der Waals surface area contributed by atoms with Crippen molar-refractivity contribution in [3.05, 3.63) is 65.3 Å². The van der Waals surface area contributed by atoms with E-state index in [1.165, 1.54) is 12.1 Å². The Morgan fingerprint density at radius 2 is 1.97 bits per heavy atom. The van der Waals surface area contributed by atoms with Crippen molar-refractivity contribution in [1.29, 1.82) is 5.26 Å². The Balaban J connectivity index is 0.000000262. The van der Waals surface area contributed by atoms with Gasteiger partial charge in [-0.05, 0) is 62.0 Å². The molecule has 8 nitrogen and oxygen atoms in total. The summed E-state index contributed by atoms with van der Waals surface area (Å²) in [5, 5.41) is 21.4. The fraction of sp³-hybridized carbons (Fsp3) is 0.182. The molecule has 1 amide bonds. The predicted molar refractivity (Wildman–Crippen MR) is 120 cm³/mol. The molecule has 0 aliphatic rings. The van der Waals surface area contributed by atoms with Crippen molar-refractivity contribution in [1.82, 2.24) is 4.98 Å². The fourth-order valence-electron chi connectivity index (χ4n) is 2.27. The van der Waals surface area contributed by atoms with Gasteiger partial charge >= 0.3 is 12.1 Å². The van der Waals surface area contributed by atoms with E-state index >= 15 is 0 Å². The third-order valence-corrected chi connectivity index (χ3v) is 4.54. The van der Waals surface area contributed by atoms with Gasteiger partial charge in [0.25, 0.3) is 0 Å². The summed E-state index contributed by atoms with van der Waals surface area (Å²) in [6.45, 7) is 5.45. The first-order chi connectivity index (χ1) is 14.6. The molecular weight excluding hydrogens is 416 g/mol. The van der Waals surface area contributed by atoms with E-state index in [0.29, 0.717) is 11.4 Å². The van der Waals surface area contributed by atoms with Crippen LogP contribution in [-0.4, -0.2) is 27.8 Å². The van der Waals surface area contributed by atoms with E-state index in [1.807, 2.05) is 50.4 Å². The first-order valence-electron chi connectivity index (χ1n) is 9.12. The third-order valence-electron chi connectivity index (χ3n) is 3.62. The number of aromatic carboxylic acids is 1. The highest BCUT2D eigenvalue weighted by Gasteiger charge is 2.17. The number of anilines is 2. The molecule has 0 unspecified atom stereocenters. The van der Waals surface area contributed by atoms with E-state index in [9.17, 15) is 9.59 Å². The summed E-state index contributed by atoms with van der Waals surface area (Å²) in [4.78, 5) is 26.7. The van der Waals surface area contributed by atoms with Crippen LogP contribution in [0.3, 0.4) is 0 Å². The first kappa shape index (κ1) is 23.4. The van der Waals surface area contributed by atoms with Gasteiger partial charge in [0.2, 0.25) is 0 Å². The zero-order valence-corrected chi connectivity index (χ0v) is 18.1. The topological polar surface area (TPSA) is 138 Å². The van der Waals surface area contributed by atoms with E-state index in [2.05, 4.69) is 10.3 Å². The van der Waals surface area contributed by atoms with Gasteiger partial charge in [-0.25, -0.2) is 14.6 Å². The van der Waals surface area contributed by atoms with Crippen LogP contribution < -0.4 is 11.1 Å². The molecule has 0 aliphatic heterocycles. The number of pyridine rings is 1. The number of hydrogen-bond donors (Lipinski definition) is 3. The largest absolute Gasteiger partial charge is 0.478 e. The molecule has 1 aromatic carbocycles. The van der Waals surface area contributed by atoms with Gasteiger partial charge in [0.15, 0.2) is 0 Å². The second-order valence-corrected chi connectivity index (χ2v) is 8.20. The van der Waals surface area contributed by atoms with E-state index in [0.717, 1.165) is 16.6 Å². The molecular formula is C22H22N4O4S. The fourth-order valence-corrected chi connectivity index (χ4v) is 3.00. The van der Waals surface area contributed by atoms with Crippen LogP contribution in [0.2, 0.25) is 0 Å². The van der Waals surface area contributed by atoms with Gasteiger partial charge in [-0.2, -0.15) is 5.26 Å². The summed E-state index contributed by atoms with van der Waals surface area (Å²) in [7, 11) is 0. The van der Waals surface area contributed by atoms with Gasteiger partial charge < -0.3 is 15.6 Å². The maximum atomic E-state index is 11.7. The number of benzene rings is 1. The number of nitriles is 1. The highest BCUT2D eigenvalue weighted by molar-refractivity contribution is 7.13. The van der Waals surface area contributed by atoms with Gasteiger partial charge in [-0.1, -0.05) is 12.1 Å². The van der Waals surface area contributed by atoms with E-state index < -0.39 is 17.7 Å². The van der Waals surface area contributed by atoms with E-state index in [1.54, 1.807) is 23.5 Å². The molecule has 3 aromatic rings. The molecule has 0 aliphatic carbocycles. The summed E-state index contributed by atoms with van der Waals surface area (Å²) in [6, 6.07) is 14.1. The molecule has 4 N–H and O–H groups in total. The number of rotatable bonds is 3. The minimum atomic E-state index is -1.04. The quantitative estimate of drug-likeness (QED) is 0.489. The summed E-state index contributed by atoms with van der Waals surface area (Å²) >= 11 is 1.64. The van der Waals surface area contributed by atoms with Gasteiger partial charge in [-0.3, -0.25) is 5.32 Å². The molecule has 3 rings (SSSR count). The molecule has 31 heavy (non-hydrogen) atoms. The average molecular weight is 439 g/mol. The monoisotopic (exact) mass is 438 g/mol. The summed E-state index contributed by atoms with van der Waals surface area (Å²) in [5.41, 5.74) is 7.85. The number of aromatic nitrogens is 1. The van der Waals surface area contributed by atoms with Crippen LogP contribution >= 0.6 is 11.3 Å². The number of thiophene rings is 1. The standard InChI is InChI=1S/C15H18N2O2S.C7H4N2O2/c1-15(2,3)19-14(18)17-12-7-6-10(9-11(12)16)13-5-4-8-20-13;8-3-6-2-1-5(4-9-6)7(10)11/h4-9H,16H2,1-3H3,(H,17,18);1-2,4H,(H,10,11). The van der Waals surface area contributed by atoms with Crippen molar-refractivity contribution in [3.63, 3.8) is 0 Å². The van der Waals surface area contributed by atoms with Crippen LogP contribution in [0.4, 0.5) is 16.2 Å². The summed E-state index contributed by atoms with van der Waals surface area (Å²) < 4.78 is 5.20. The number of carbonyl (C=O) groups excluding carboxylic acids is 1. The van der Waals surface area contributed by atoms with Crippen LogP contribution in [0.25, 0.3) is 10.4 Å². The Bertz CT molecular complexity index is 1080. The second kappa shape index (κ2) is 10.2. The van der Waals surface area contributed by atoms with Gasteiger partial charge in [0.05, 0.1) is 16.9 Å². The van der Waals surface area contributed by atoms with Crippen LogP contribution in [0.15, 0.2) is 54.0 Å². The van der Waals surface area contributed by atoms with Crippen molar-refractivity contribution in [2.24, 2.45) is 0 Å². The zero-order chi connectivity index (χ0) is 23.0. The lowest BCUT2D eigenvalue weighted by atomic mass is 10.1. The first-order valence-corrected chi connectivity index (χ1v) is 10.00. The predicted octanol–water partition coefficient (Wildman–Crippen LogP) is 5.00. The SMILES string of the molecule is CC(C)(C)OC(=O)Nc1ccc(-c2cccs2)cc1N.N#Cc1ccc(C(=O)O)cn1. The van der Waals surface area contributed by atoms with Crippen LogP contribution in [0.5, 0.6) is 0 Å². The number of nitrogen functional groups attached to an aromatic ring is 1. The number of nitrogens with two attached hydrogens (primary N) is 1. The minimum Gasteiger partial charge on any atom is -0.478 e. The summed E-state index contributed by atoms with van der Waals surface area (Å²) in [6.07, 6.45) is 0.647. The number of carbonyl (C=O) groups is 2. The molecule has 2 aromatic heterocycles. The van der Waals surface area contributed by atoms with Crippen LogP contribution in [0, 0.1) is 11.3 Å². The molecule has 160 valence electrons. The Morgan fingerprint density at radius 1 is 1.23 bits per heavy atom. The third kappa shape index (κ3) is 7.45. The van der Waals surface area contributed by atoms with Crippen molar-refractivity contribution < 1.29 is 19.4 Å². The average Bonchev–Trinajstić information content (AvgIpc) is 3.23. The number of carboxylic acid groups (broad SMARTS) is 1. The van der Waals surface area contributed by atoms with Crippen molar-refractivity contribution >= 4 is 34.8 Å². The summed E-state index contributed by atoms with van der Waals surface area (Å²) in [5.74, 6) is -1.04. The molecule has 0 fully saturated rings. The number of nitrogens with zero attached hydrogens (tertiary/aromatic N) is 2. The highest BCUT2D eigenvalue weighted by Crippen LogP contribution is 2.30. The Kier molecular flexibility index (Phi) is 7.71. The highest BCUT2D eigenvalue weighted by atomic mass is 32.1. The Hall–Kier alpha value is -3.90. The molecule has 2 heterocycles. The molecule has 0 saturated carbocycles. The van der Waals surface area contributed by atoms with Crippen molar-refractivity contribution in [3.8, 4) is 16.5 Å². The van der Waals surface area contributed by atoms with E-state index in [4.69, 9.17) is 20.8 Å². The molecule has 0 bridgehead atoms. The molecule has 0 atom stereocenters. The normalized spacial score (nSPS) is 10.3. The minimum absolute atomic E-state index is 0.0870. The second-order valence-electron chi connectivity index (χ2n) is 7.26. The molecule has 9 heteroatoms. The number of amides is 1. The lowest BCUT2D eigenvalue weighted by Gasteiger charge is -2.20. The van der Waals surface area contributed by atoms with Crippen molar-refractivity contribution in [2.75, 3.05) is 11.1 Å². The Labute approximate surface area is 183 Å². The smallest absolute Gasteiger partial charge is 0.412 e. The maximum absolute atomic E-state index is 11.7. The lowest BCUT2D eigenvalue weighted by molar-refractivity contribution is 0.0634. The maximum Gasteiger partial charge on any atom is 0.412 e. The molecule has 0 saturated heterocycles. The molecule has 0 radical (unpaired) electrons. The van der Waals surface area contributed by atoms with E-state index in [-0.39, 0.29) is 11.3 Å². The van der Waals surface area contributed by atoms with Crippen LogP contribution in [-0.2, 0) is 4.74 Å². The number of carboxylic acids is 1. The van der Waals surface area contributed by atoms with Gasteiger partial charge in [-0.15, -0.1) is 11.3 Å². The number of hydrogen-bond acceptors (Lipinski definition) is 7. The molecule has 0 spiro atoms. The van der Waals surface area contributed by atoms with Gasteiger partial charge in [0, 0.05) is 11.1 Å². The zero-order valence-electron chi connectivity index (χ0n) is 17.2. The Morgan fingerprint density at radius 3 is 2.45 bits per heavy atom. The number of ether oxygens (including phenoxy) is 1. The van der Waals surface area contributed by atoms with Crippen LogP contribution in [0.1, 0.15) is 36.8 Å². The lowest BCUT2D eigenvalue weighted by Crippen LogP contribution is -2.27. The van der Waals surface area contributed by atoms with Crippen molar-refractivity contribution in [2.45, 2.75) is 26.4 Å².